The molecule has 26 heavy (non-hydrogen) atoms. The van der Waals surface area contributed by atoms with Crippen LogP contribution in [0.15, 0.2) is 24.3 Å². The van der Waals surface area contributed by atoms with Gasteiger partial charge in [-0.1, -0.05) is 19.3 Å². The van der Waals surface area contributed by atoms with Gasteiger partial charge < -0.3 is 15.3 Å². The zero-order chi connectivity index (χ0) is 18.7. The SMILES string of the molecule is CC(=O)Nc1ccc(C(=O)N(C)[C@H]2CN(C3CCCCC3)C[C@@H]2O)cc1. The molecule has 1 aliphatic heterocycles. The molecule has 2 aliphatic rings. The van der Waals surface area contributed by atoms with E-state index < -0.39 is 6.10 Å². The first-order chi connectivity index (χ1) is 12.5. The van der Waals surface area contributed by atoms with Crippen LogP contribution in [0.2, 0.25) is 0 Å². The van der Waals surface area contributed by atoms with Crippen LogP contribution >= 0.6 is 0 Å². The van der Waals surface area contributed by atoms with Crippen molar-refractivity contribution in [3.63, 3.8) is 0 Å². The Kier molecular flexibility index (Phi) is 5.94. The second-order valence-corrected chi connectivity index (χ2v) is 7.56. The van der Waals surface area contributed by atoms with E-state index >= 15 is 0 Å². The second kappa shape index (κ2) is 8.18. The first kappa shape index (κ1) is 18.9. The monoisotopic (exact) mass is 359 g/mol. The molecule has 2 amide bonds. The average molecular weight is 359 g/mol. The van der Waals surface area contributed by atoms with Crippen LogP contribution in [0.4, 0.5) is 5.69 Å². The van der Waals surface area contributed by atoms with Gasteiger partial charge in [0.1, 0.15) is 0 Å². The van der Waals surface area contributed by atoms with Gasteiger partial charge in [0.2, 0.25) is 5.91 Å². The molecule has 1 aliphatic carbocycles. The van der Waals surface area contributed by atoms with Gasteiger partial charge in [0.15, 0.2) is 0 Å². The summed E-state index contributed by atoms with van der Waals surface area (Å²) in [5, 5.41) is 13.2. The third-order valence-corrected chi connectivity index (χ3v) is 5.65. The van der Waals surface area contributed by atoms with E-state index in [9.17, 15) is 14.7 Å². The summed E-state index contributed by atoms with van der Waals surface area (Å²) in [5.74, 6) is -0.244. The number of rotatable bonds is 4. The number of carbonyl (C=O) groups excluding carboxylic acids is 2. The van der Waals surface area contributed by atoms with Crippen molar-refractivity contribution in [1.29, 1.82) is 0 Å². The van der Waals surface area contributed by atoms with E-state index in [1.165, 1.54) is 39.0 Å². The minimum Gasteiger partial charge on any atom is -0.390 e. The number of benzene rings is 1. The van der Waals surface area contributed by atoms with E-state index in [0.29, 0.717) is 23.8 Å². The van der Waals surface area contributed by atoms with Crippen LogP contribution in [0.1, 0.15) is 49.4 Å². The molecular weight excluding hydrogens is 330 g/mol. The lowest BCUT2D eigenvalue weighted by molar-refractivity contribution is -0.114. The molecule has 6 nitrogen and oxygen atoms in total. The van der Waals surface area contributed by atoms with Gasteiger partial charge in [-0.05, 0) is 37.1 Å². The van der Waals surface area contributed by atoms with Crippen LogP contribution in [0.5, 0.6) is 0 Å². The zero-order valence-electron chi connectivity index (χ0n) is 15.6. The highest BCUT2D eigenvalue weighted by Gasteiger charge is 2.39. The first-order valence-corrected chi connectivity index (χ1v) is 9.52. The summed E-state index contributed by atoms with van der Waals surface area (Å²) in [6, 6.07) is 7.24. The van der Waals surface area contributed by atoms with Gasteiger partial charge in [-0.15, -0.1) is 0 Å². The molecule has 0 spiro atoms. The largest absolute Gasteiger partial charge is 0.390 e. The summed E-state index contributed by atoms with van der Waals surface area (Å²) in [6.45, 7) is 2.83. The number of anilines is 1. The highest BCUT2D eigenvalue weighted by Crippen LogP contribution is 2.27. The summed E-state index contributed by atoms with van der Waals surface area (Å²) in [6.07, 6.45) is 5.71. The number of hydrogen-bond acceptors (Lipinski definition) is 4. The van der Waals surface area contributed by atoms with E-state index in [0.717, 1.165) is 6.54 Å². The van der Waals surface area contributed by atoms with Crippen molar-refractivity contribution in [2.24, 2.45) is 0 Å². The van der Waals surface area contributed by atoms with Crippen LogP contribution in [0.25, 0.3) is 0 Å². The van der Waals surface area contributed by atoms with Crippen molar-refractivity contribution in [2.75, 3.05) is 25.5 Å². The standard InChI is InChI=1S/C20H29N3O3/c1-14(24)21-16-10-8-15(9-11-16)20(26)22(2)18-12-23(13-19(18)25)17-6-4-3-5-7-17/h8-11,17-19,25H,3-7,12-13H2,1-2H3,(H,21,24)/t18-,19-/m0/s1. The molecule has 0 aromatic heterocycles. The maximum Gasteiger partial charge on any atom is 0.253 e. The Balaban J connectivity index is 1.63. The molecule has 2 atom stereocenters. The predicted octanol–water partition coefficient (Wildman–Crippen LogP) is 2.09. The van der Waals surface area contributed by atoms with Gasteiger partial charge in [0.05, 0.1) is 12.1 Å². The highest BCUT2D eigenvalue weighted by molar-refractivity contribution is 5.95. The highest BCUT2D eigenvalue weighted by atomic mass is 16.3. The molecule has 0 radical (unpaired) electrons. The van der Waals surface area contributed by atoms with Gasteiger partial charge >= 0.3 is 0 Å². The topological polar surface area (TPSA) is 72.9 Å². The molecular formula is C20H29N3O3. The van der Waals surface area contributed by atoms with Gasteiger partial charge in [-0.25, -0.2) is 0 Å². The van der Waals surface area contributed by atoms with Crippen LogP contribution < -0.4 is 5.32 Å². The summed E-state index contributed by atoms with van der Waals surface area (Å²) < 4.78 is 0. The van der Waals surface area contributed by atoms with Gasteiger partial charge in [0.25, 0.3) is 5.91 Å². The maximum atomic E-state index is 12.8. The smallest absolute Gasteiger partial charge is 0.253 e. The normalized spacial score (nSPS) is 24.4. The van der Waals surface area contributed by atoms with E-state index in [1.54, 1.807) is 36.2 Å². The minimum atomic E-state index is -0.510. The van der Waals surface area contributed by atoms with Crippen LogP contribution in [-0.2, 0) is 4.79 Å². The van der Waals surface area contributed by atoms with Crippen molar-refractivity contribution >= 4 is 17.5 Å². The molecule has 2 fully saturated rings. The number of nitrogens with one attached hydrogen (secondary N) is 1. The molecule has 142 valence electrons. The number of aliphatic hydroxyl groups excluding tert-OH is 1. The van der Waals surface area contributed by atoms with Crippen LogP contribution in [0, 0.1) is 0 Å². The third-order valence-electron chi connectivity index (χ3n) is 5.65. The Hall–Kier alpha value is -1.92. The molecule has 6 heteroatoms. The number of aliphatic hydroxyl groups is 1. The Morgan fingerprint density at radius 2 is 1.77 bits per heavy atom. The Morgan fingerprint density at radius 1 is 1.12 bits per heavy atom. The van der Waals surface area contributed by atoms with E-state index in [4.69, 9.17) is 0 Å². The number of hydrogen-bond donors (Lipinski definition) is 2. The molecule has 1 saturated heterocycles. The number of nitrogens with zero attached hydrogens (tertiary/aromatic N) is 2. The molecule has 1 saturated carbocycles. The van der Waals surface area contributed by atoms with Crippen molar-refractivity contribution < 1.29 is 14.7 Å². The predicted molar refractivity (Wildman–Crippen MR) is 101 cm³/mol. The molecule has 1 aromatic rings. The van der Waals surface area contributed by atoms with E-state index in [-0.39, 0.29) is 17.9 Å². The van der Waals surface area contributed by atoms with E-state index in [2.05, 4.69) is 10.2 Å². The molecule has 0 bridgehead atoms. The fourth-order valence-electron chi connectivity index (χ4n) is 4.18. The lowest BCUT2D eigenvalue weighted by Gasteiger charge is -2.31. The van der Waals surface area contributed by atoms with Crippen molar-refractivity contribution in [3.8, 4) is 0 Å². The lowest BCUT2D eigenvalue weighted by atomic mass is 9.94. The third kappa shape index (κ3) is 4.24. The molecule has 1 aromatic carbocycles. The molecule has 0 unspecified atom stereocenters. The quantitative estimate of drug-likeness (QED) is 0.863. The summed E-state index contributed by atoms with van der Waals surface area (Å²) in [4.78, 5) is 27.9. The lowest BCUT2D eigenvalue weighted by Crippen LogP contribution is -2.44. The van der Waals surface area contributed by atoms with Crippen LogP contribution in [0.3, 0.4) is 0 Å². The van der Waals surface area contributed by atoms with Gasteiger partial charge in [-0.2, -0.15) is 0 Å². The summed E-state index contributed by atoms with van der Waals surface area (Å²) in [7, 11) is 1.77. The Labute approximate surface area is 155 Å². The van der Waals surface area contributed by atoms with Crippen LogP contribution in [-0.4, -0.2) is 65.0 Å². The average Bonchev–Trinajstić information content (AvgIpc) is 3.03. The van der Waals surface area contributed by atoms with Gasteiger partial charge in [-0.3, -0.25) is 14.5 Å². The molecule has 1 heterocycles. The van der Waals surface area contributed by atoms with Gasteiger partial charge in [0, 0.05) is 44.4 Å². The zero-order valence-corrected chi connectivity index (χ0v) is 15.6. The van der Waals surface area contributed by atoms with Crippen molar-refractivity contribution in [1.82, 2.24) is 9.80 Å². The molecule has 3 rings (SSSR count). The number of β-amino-alcohol motifs (C(OH)–C–C–N with tert-alkyl or cyclic N) is 1. The number of likely N-dealkylation sites (tertiary alicyclic amines) is 1. The second-order valence-electron chi connectivity index (χ2n) is 7.56. The maximum absolute atomic E-state index is 12.8. The Morgan fingerprint density at radius 3 is 2.38 bits per heavy atom. The Bertz CT molecular complexity index is 640. The number of carbonyl (C=O) groups is 2. The fourth-order valence-corrected chi connectivity index (χ4v) is 4.18. The van der Waals surface area contributed by atoms with Crippen molar-refractivity contribution in [2.45, 2.75) is 57.2 Å². The number of amides is 2. The first-order valence-electron chi connectivity index (χ1n) is 9.52. The summed E-state index contributed by atoms with van der Waals surface area (Å²) >= 11 is 0. The van der Waals surface area contributed by atoms with E-state index in [1.807, 2.05) is 0 Å². The van der Waals surface area contributed by atoms with Crippen molar-refractivity contribution in [3.05, 3.63) is 29.8 Å². The molecule has 2 N–H and O–H groups in total. The number of likely N-dealkylation sites (N-methyl/N-ethyl adjacent to an activating group) is 1. The minimum absolute atomic E-state index is 0.103. The fraction of sp³-hybridized carbons (Fsp3) is 0.600. The summed E-state index contributed by atoms with van der Waals surface area (Å²) in [5.41, 5.74) is 1.23.